The summed E-state index contributed by atoms with van der Waals surface area (Å²) in [5, 5.41) is -0.597. The predicted molar refractivity (Wildman–Crippen MR) is 54.4 cm³/mol. The van der Waals surface area contributed by atoms with Crippen molar-refractivity contribution in [3.8, 4) is 0 Å². The van der Waals surface area contributed by atoms with E-state index >= 15 is 0 Å². The van der Waals surface area contributed by atoms with Crippen LogP contribution in [-0.2, 0) is 10.0 Å². The first-order valence-corrected chi connectivity index (χ1v) is 5.96. The summed E-state index contributed by atoms with van der Waals surface area (Å²) in [5.41, 5.74) is 0.632. The van der Waals surface area contributed by atoms with Crippen molar-refractivity contribution in [1.82, 2.24) is 0 Å². The Hall–Kier alpha value is -0.810. The SMILES string of the molecule is Cc1ccc(NS(=O)(=O)CCl)c(F)c1. The van der Waals surface area contributed by atoms with E-state index < -0.39 is 21.1 Å². The first kappa shape index (κ1) is 11.3. The highest BCUT2D eigenvalue weighted by atomic mass is 35.5. The van der Waals surface area contributed by atoms with Gasteiger partial charge in [0.15, 0.2) is 0 Å². The Balaban J connectivity index is 2.99. The summed E-state index contributed by atoms with van der Waals surface area (Å²) in [6.07, 6.45) is 0. The molecule has 6 heteroatoms. The number of alkyl halides is 1. The normalized spacial score (nSPS) is 11.4. The number of anilines is 1. The second-order valence-electron chi connectivity index (χ2n) is 2.81. The van der Waals surface area contributed by atoms with Gasteiger partial charge in [0.25, 0.3) is 0 Å². The van der Waals surface area contributed by atoms with Gasteiger partial charge in [-0.2, -0.15) is 0 Å². The number of nitrogens with one attached hydrogen (secondary N) is 1. The van der Waals surface area contributed by atoms with Crippen LogP contribution < -0.4 is 4.72 Å². The minimum atomic E-state index is -3.63. The van der Waals surface area contributed by atoms with Crippen LogP contribution in [0, 0.1) is 12.7 Å². The van der Waals surface area contributed by atoms with Gasteiger partial charge < -0.3 is 0 Å². The number of sulfonamides is 1. The van der Waals surface area contributed by atoms with Crippen LogP contribution in [-0.4, -0.2) is 13.6 Å². The smallest absolute Gasteiger partial charge is 0.246 e. The molecule has 0 aliphatic rings. The van der Waals surface area contributed by atoms with E-state index in [9.17, 15) is 12.8 Å². The van der Waals surface area contributed by atoms with Crippen molar-refractivity contribution >= 4 is 27.3 Å². The van der Waals surface area contributed by atoms with Crippen LogP contribution in [0.15, 0.2) is 18.2 Å². The molecular formula is C8H9ClFNO2S. The maximum atomic E-state index is 13.1. The molecule has 0 aromatic heterocycles. The maximum Gasteiger partial charge on any atom is 0.246 e. The highest BCUT2D eigenvalue weighted by Gasteiger charge is 2.11. The number of hydrogen-bond donors (Lipinski definition) is 1. The summed E-state index contributed by atoms with van der Waals surface area (Å²) in [4.78, 5) is 0. The van der Waals surface area contributed by atoms with Crippen LogP contribution in [0.4, 0.5) is 10.1 Å². The summed E-state index contributed by atoms with van der Waals surface area (Å²) in [7, 11) is -3.63. The Labute approximate surface area is 86.9 Å². The minimum Gasteiger partial charge on any atom is -0.280 e. The van der Waals surface area contributed by atoms with E-state index in [1.165, 1.54) is 12.1 Å². The minimum absolute atomic E-state index is 0.0868. The number of halogens is 2. The quantitative estimate of drug-likeness (QED) is 0.818. The van der Waals surface area contributed by atoms with Crippen molar-refractivity contribution < 1.29 is 12.8 Å². The molecule has 0 atom stereocenters. The van der Waals surface area contributed by atoms with E-state index in [0.29, 0.717) is 0 Å². The topological polar surface area (TPSA) is 46.2 Å². The van der Waals surface area contributed by atoms with Crippen molar-refractivity contribution in [2.24, 2.45) is 0 Å². The van der Waals surface area contributed by atoms with Crippen molar-refractivity contribution in [2.75, 3.05) is 9.93 Å². The molecular weight excluding hydrogens is 229 g/mol. The zero-order chi connectivity index (χ0) is 10.8. The third-order valence-corrected chi connectivity index (χ3v) is 3.21. The fourth-order valence-corrected chi connectivity index (χ4v) is 1.62. The molecule has 0 aliphatic carbocycles. The van der Waals surface area contributed by atoms with Crippen LogP contribution in [0.3, 0.4) is 0 Å². The summed E-state index contributed by atoms with van der Waals surface area (Å²) in [6, 6.07) is 4.20. The van der Waals surface area contributed by atoms with Crippen molar-refractivity contribution in [3.63, 3.8) is 0 Å². The fourth-order valence-electron chi connectivity index (χ4n) is 0.898. The lowest BCUT2D eigenvalue weighted by molar-refractivity contribution is 0.602. The highest BCUT2D eigenvalue weighted by Crippen LogP contribution is 2.16. The van der Waals surface area contributed by atoms with E-state index in [2.05, 4.69) is 0 Å². The van der Waals surface area contributed by atoms with E-state index in [-0.39, 0.29) is 5.69 Å². The molecule has 0 saturated heterocycles. The third-order valence-electron chi connectivity index (χ3n) is 1.53. The monoisotopic (exact) mass is 237 g/mol. The predicted octanol–water partition coefficient (Wildman–Crippen LogP) is 2.07. The number of aryl methyl sites for hydroxylation is 1. The molecule has 0 unspecified atom stereocenters. The second-order valence-corrected chi connectivity index (χ2v) is 5.12. The van der Waals surface area contributed by atoms with E-state index in [4.69, 9.17) is 11.6 Å². The van der Waals surface area contributed by atoms with Crippen molar-refractivity contribution in [2.45, 2.75) is 6.92 Å². The molecule has 1 rings (SSSR count). The Morgan fingerprint density at radius 3 is 2.64 bits per heavy atom. The number of hydrogen-bond acceptors (Lipinski definition) is 2. The largest absolute Gasteiger partial charge is 0.280 e. The Morgan fingerprint density at radius 2 is 2.14 bits per heavy atom. The molecule has 0 fully saturated rings. The molecule has 0 bridgehead atoms. The van der Waals surface area contributed by atoms with Crippen molar-refractivity contribution in [3.05, 3.63) is 29.6 Å². The van der Waals surface area contributed by atoms with Gasteiger partial charge >= 0.3 is 0 Å². The molecule has 0 heterocycles. The lowest BCUT2D eigenvalue weighted by Crippen LogP contribution is -2.14. The Bertz CT molecular complexity index is 433. The molecule has 0 saturated carbocycles. The van der Waals surface area contributed by atoms with Gasteiger partial charge in [0.2, 0.25) is 10.0 Å². The van der Waals surface area contributed by atoms with Gasteiger partial charge in [-0.05, 0) is 24.6 Å². The van der Waals surface area contributed by atoms with Gasteiger partial charge in [-0.15, -0.1) is 11.6 Å². The standard InChI is InChI=1S/C8H9ClFNO2S/c1-6-2-3-8(7(10)4-6)11-14(12,13)5-9/h2-4,11H,5H2,1H3. The first-order valence-electron chi connectivity index (χ1n) is 3.77. The molecule has 3 nitrogen and oxygen atoms in total. The van der Waals surface area contributed by atoms with Crippen molar-refractivity contribution in [1.29, 1.82) is 0 Å². The van der Waals surface area contributed by atoms with Crippen LogP contribution in [0.25, 0.3) is 0 Å². The molecule has 0 aliphatic heterocycles. The van der Waals surface area contributed by atoms with Gasteiger partial charge in [0.05, 0.1) is 5.69 Å². The van der Waals surface area contributed by atoms with Crippen LogP contribution in [0.2, 0.25) is 0 Å². The van der Waals surface area contributed by atoms with E-state index in [1.807, 2.05) is 4.72 Å². The molecule has 0 amide bonds. The molecule has 1 aromatic carbocycles. The van der Waals surface area contributed by atoms with Gasteiger partial charge in [0, 0.05) is 0 Å². The van der Waals surface area contributed by atoms with E-state index in [0.717, 1.165) is 5.56 Å². The summed E-state index contributed by atoms with van der Waals surface area (Å²) in [5.74, 6) is -0.612. The zero-order valence-electron chi connectivity index (χ0n) is 7.42. The van der Waals surface area contributed by atoms with E-state index in [1.54, 1.807) is 13.0 Å². The average Bonchev–Trinajstić information content (AvgIpc) is 2.10. The lowest BCUT2D eigenvalue weighted by atomic mass is 10.2. The summed E-state index contributed by atoms with van der Waals surface area (Å²) < 4.78 is 37.2. The molecule has 0 spiro atoms. The molecule has 78 valence electrons. The molecule has 1 N–H and O–H groups in total. The highest BCUT2D eigenvalue weighted by molar-refractivity contribution is 7.93. The maximum absolute atomic E-state index is 13.1. The molecule has 1 aromatic rings. The Kier molecular flexibility index (Phi) is 3.34. The van der Waals surface area contributed by atoms with Crippen LogP contribution in [0.5, 0.6) is 0 Å². The van der Waals surface area contributed by atoms with Crippen LogP contribution in [0.1, 0.15) is 5.56 Å². The summed E-state index contributed by atoms with van der Waals surface area (Å²) >= 11 is 5.15. The molecule has 0 radical (unpaired) electrons. The second kappa shape index (κ2) is 4.14. The van der Waals surface area contributed by atoms with Gasteiger partial charge in [-0.1, -0.05) is 6.07 Å². The lowest BCUT2D eigenvalue weighted by Gasteiger charge is -2.06. The first-order chi connectivity index (χ1) is 6.44. The van der Waals surface area contributed by atoms with Gasteiger partial charge in [0.1, 0.15) is 11.0 Å². The van der Waals surface area contributed by atoms with Gasteiger partial charge in [-0.3, -0.25) is 4.72 Å². The molecule has 14 heavy (non-hydrogen) atoms. The Morgan fingerprint density at radius 1 is 1.50 bits per heavy atom. The average molecular weight is 238 g/mol. The van der Waals surface area contributed by atoms with Crippen LogP contribution >= 0.6 is 11.6 Å². The van der Waals surface area contributed by atoms with Gasteiger partial charge in [-0.25, -0.2) is 12.8 Å². The zero-order valence-corrected chi connectivity index (χ0v) is 8.99. The number of benzene rings is 1. The summed E-state index contributed by atoms with van der Waals surface area (Å²) in [6.45, 7) is 1.71. The number of rotatable bonds is 3. The fraction of sp³-hybridized carbons (Fsp3) is 0.250. The third kappa shape index (κ3) is 2.85.